The number of likely N-dealkylation sites (tertiary alicyclic amines) is 1. The molecule has 0 unspecified atom stereocenters. The van der Waals surface area contributed by atoms with Crippen LogP contribution < -0.4 is 0 Å². The average molecular weight is 297 g/mol. The minimum Gasteiger partial charge on any atom is -0.481 e. The lowest BCUT2D eigenvalue weighted by Crippen LogP contribution is -2.55. The maximum atomic E-state index is 12.5. The van der Waals surface area contributed by atoms with E-state index in [-0.39, 0.29) is 6.03 Å². The number of urea groups is 1. The van der Waals surface area contributed by atoms with Crippen LogP contribution in [0.3, 0.4) is 0 Å². The van der Waals surface area contributed by atoms with Crippen molar-refractivity contribution in [2.75, 3.05) is 46.3 Å². The standard InChI is InChI=1S/C15H27N3O3/c1-3-4-15(13(19)20)5-7-17(8-6-15)14(21)18-11-9-16(2)10-12-18/h3-12H2,1-2H3,(H,19,20). The lowest BCUT2D eigenvalue weighted by atomic mass is 9.75. The zero-order valence-corrected chi connectivity index (χ0v) is 13.2. The van der Waals surface area contributed by atoms with Crippen LogP contribution in [0, 0.1) is 5.41 Å². The van der Waals surface area contributed by atoms with E-state index in [9.17, 15) is 14.7 Å². The van der Waals surface area contributed by atoms with E-state index in [2.05, 4.69) is 11.9 Å². The van der Waals surface area contributed by atoms with Crippen LogP contribution in [-0.2, 0) is 4.79 Å². The molecule has 2 fully saturated rings. The molecular weight excluding hydrogens is 270 g/mol. The predicted molar refractivity (Wildman–Crippen MR) is 80.2 cm³/mol. The Bertz CT molecular complexity index is 384. The Morgan fingerprint density at radius 1 is 1.00 bits per heavy atom. The van der Waals surface area contributed by atoms with Crippen LogP contribution in [0.4, 0.5) is 4.79 Å². The van der Waals surface area contributed by atoms with E-state index in [1.165, 1.54) is 0 Å². The first-order chi connectivity index (χ1) is 9.98. The highest BCUT2D eigenvalue weighted by atomic mass is 16.4. The third-order valence-electron chi connectivity index (χ3n) is 4.95. The topological polar surface area (TPSA) is 64.1 Å². The molecule has 0 atom stereocenters. The Morgan fingerprint density at radius 3 is 2.00 bits per heavy atom. The Balaban J connectivity index is 1.91. The van der Waals surface area contributed by atoms with E-state index in [0.29, 0.717) is 32.4 Å². The van der Waals surface area contributed by atoms with Crippen LogP contribution in [0.15, 0.2) is 0 Å². The summed E-state index contributed by atoms with van der Waals surface area (Å²) in [6.45, 7) is 6.51. The number of carboxylic acid groups (broad SMARTS) is 1. The molecule has 2 heterocycles. The Hall–Kier alpha value is -1.30. The van der Waals surface area contributed by atoms with Gasteiger partial charge in [-0.25, -0.2) is 4.79 Å². The molecule has 0 aromatic heterocycles. The summed E-state index contributed by atoms with van der Waals surface area (Å²) >= 11 is 0. The summed E-state index contributed by atoms with van der Waals surface area (Å²) < 4.78 is 0. The molecule has 0 aromatic carbocycles. The number of likely N-dealkylation sites (N-methyl/N-ethyl adjacent to an activating group) is 1. The largest absolute Gasteiger partial charge is 0.481 e. The minimum atomic E-state index is -0.698. The third kappa shape index (κ3) is 3.48. The first-order valence-electron chi connectivity index (χ1n) is 7.94. The molecule has 0 bridgehead atoms. The molecule has 0 radical (unpaired) electrons. The fraction of sp³-hybridized carbons (Fsp3) is 0.867. The summed E-state index contributed by atoms with van der Waals surface area (Å²) in [5.74, 6) is -0.698. The highest BCUT2D eigenvalue weighted by Gasteiger charge is 2.42. The molecule has 0 aliphatic carbocycles. The summed E-state index contributed by atoms with van der Waals surface area (Å²) in [7, 11) is 2.06. The van der Waals surface area contributed by atoms with Crippen LogP contribution in [0.2, 0.25) is 0 Å². The number of carboxylic acids is 1. The molecule has 2 aliphatic rings. The summed E-state index contributed by atoms with van der Waals surface area (Å²) in [6, 6.07) is 0.0820. The molecule has 2 aliphatic heterocycles. The van der Waals surface area contributed by atoms with E-state index in [1.807, 2.05) is 16.7 Å². The fourth-order valence-electron chi connectivity index (χ4n) is 3.37. The van der Waals surface area contributed by atoms with Crippen LogP contribution in [0.1, 0.15) is 32.6 Å². The molecule has 2 saturated heterocycles. The smallest absolute Gasteiger partial charge is 0.320 e. The number of piperazine rings is 1. The van der Waals surface area contributed by atoms with Gasteiger partial charge < -0.3 is 19.8 Å². The zero-order chi connectivity index (χ0) is 15.5. The van der Waals surface area contributed by atoms with Gasteiger partial charge in [0, 0.05) is 39.3 Å². The summed E-state index contributed by atoms with van der Waals surface area (Å²) in [5.41, 5.74) is -0.617. The number of rotatable bonds is 3. The van der Waals surface area contributed by atoms with E-state index in [1.54, 1.807) is 0 Å². The lowest BCUT2D eigenvalue weighted by molar-refractivity contribution is -0.152. The van der Waals surface area contributed by atoms with Crippen molar-refractivity contribution in [3.63, 3.8) is 0 Å². The molecule has 6 nitrogen and oxygen atoms in total. The highest BCUT2D eigenvalue weighted by molar-refractivity contribution is 5.77. The van der Waals surface area contributed by atoms with Crippen molar-refractivity contribution in [3.8, 4) is 0 Å². The van der Waals surface area contributed by atoms with Gasteiger partial charge >= 0.3 is 12.0 Å². The molecule has 120 valence electrons. The Morgan fingerprint density at radius 2 is 1.52 bits per heavy atom. The first-order valence-corrected chi connectivity index (χ1v) is 7.94. The SMILES string of the molecule is CCCC1(C(=O)O)CCN(C(=O)N2CCN(C)CC2)CC1. The predicted octanol–water partition coefficient (Wildman–Crippen LogP) is 1.32. The van der Waals surface area contributed by atoms with Crippen molar-refractivity contribution in [1.29, 1.82) is 0 Å². The fourth-order valence-corrected chi connectivity index (χ4v) is 3.37. The number of hydrogen-bond acceptors (Lipinski definition) is 3. The van der Waals surface area contributed by atoms with E-state index in [4.69, 9.17) is 0 Å². The second-order valence-electron chi connectivity index (χ2n) is 6.40. The maximum Gasteiger partial charge on any atom is 0.320 e. The molecule has 1 N–H and O–H groups in total. The number of piperidine rings is 1. The maximum absolute atomic E-state index is 12.5. The monoisotopic (exact) mass is 297 g/mol. The molecule has 0 spiro atoms. The molecule has 0 aromatic rings. The van der Waals surface area contributed by atoms with Crippen molar-refractivity contribution in [3.05, 3.63) is 0 Å². The second kappa shape index (κ2) is 6.64. The van der Waals surface area contributed by atoms with Gasteiger partial charge in [0.25, 0.3) is 0 Å². The number of amides is 2. The van der Waals surface area contributed by atoms with Gasteiger partial charge in [-0.05, 0) is 26.3 Å². The summed E-state index contributed by atoms with van der Waals surface area (Å²) in [5, 5.41) is 9.50. The number of nitrogens with zero attached hydrogens (tertiary/aromatic N) is 3. The molecular formula is C15H27N3O3. The molecule has 6 heteroatoms. The van der Waals surface area contributed by atoms with E-state index >= 15 is 0 Å². The average Bonchev–Trinajstić information content (AvgIpc) is 2.48. The number of carbonyl (C=O) groups excluding carboxylic acids is 1. The minimum absolute atomic E-state index is 0.0820. The molecule has 21 heavy (non-hydrogen) atoms. The van der Waals surface area contributed by atoms with Gasteiger partial charge in [0.1, 0.15) is 0 Å². The lowest BCUT2D eigenvalue weighted by Gasteiger charge is -2.42. The highest BCUT2D eigenvalue weighted by Crippen LogP contribution is 2.36. The molecule has 0 saturated carbocycles. The molecule has 2 rings (SSSR count). The van der Waals surface area contributed by atoms with Gasteiger partial charge in [-0.3, -0.25) is 4.79 Å². The van der Waals surface area contributed by atoms with Crippen molar-refractivity contribution in [1.82, 2.24) is 14.7 Å². The quantitative estimate of drug-likeness (QED) is 0.853. The van der Waals surface area contributed by atoms with Crippen LogP contribution >= 0.6 is 0 Å². The van der Waals surface area contributed by atoms with Crippen LogP contribution in [0.5, 0.6) is 0 Å². The third-order valence-corrected chi connectivity index (χ3v) is 4.95. The van der Waals surface area contributed by atoms with Gasteiger partial charge in [0.15, 0.2) is 0 Å². The van der Waals surface area contributed by atoms with Crippen molar-refractivity contribution >= 4 is 12.0 Å². The number of aliphatic carboxylic acids is 1. The Kier molecular flexibility index (Phi) is 5.08. The van der Waals surface area contributed by atoms with Crippen molar-refractivity contribution in [2.24, 2.45) is 5.41 Å². The van der Waals surface area contributed by atoms with Crippen LogP contribution in [-0.4, -0.2) is 78.1 Å². The van der Waals surface area contributed by atoms with Gasteiger partial charge in [-0.2, -0.15) is 0 Å². The van der Waals surface area contributed by atoms with Gasteiger partial charge in [0.2, 0.25) is 0 Å². The first kappa shape index (κ1) is 16.1. The van der Waals surface area contributed by atoms with Crippen molar-refractivity contribution < 1.29 is 14.7 Å². The summed E-state index contributed by atoms with van der Waals surface area (Å²) in [6.07, 6.45) is 2.74. The summed E-state index contributed by atoms with van der Waals surface area (Å²) in [4.78, 5) is 30.0. The van der Waals surface area contributed by atoms with Gasteiger partial charge in [0.05, 0.1) is 5.41 Å². The Labute approximate surface area is 126 Å². The van der Waals surface area contributed by atoms with Gasteiger partial charge in [-0.1, -0.05) is 13.3 Å². The van der Waals surface area contributed by atoms with E-state index < -0.39 is 11.4 Å². The number of hydrogen-bond donors (Lipinski definition) is 1. The van der Waals surface area contributed by atoms with Gasteiger partial charge in [-0.15, -0.1) is 0 Å². The zero-order valence-electron chi connectivity index (χ0n) is 13.2. The van der Waals surface area contributed by atoms with Crippen LogP contribution in [0.25, 0.3) is 0 Å². The molecule has 2 amide bonds. The van der Waals surface area contributed by atoms with Crippen molar-refractivity contribution in [2.45, 2.75) is 32.6 Å². The normalized spacial score (nSPS) is 23.1. The van der Waals surface area contributed by atoms with E-state index in [0.717, 1.165) is 32.6 Å². The second-order valence-corrected chi connectivity index (χ2v) is 6.40. The number of carbonyl (C=O) groups is 2.